The minimum Gasteiger partial charge on any atom is -0.297 e. The molecule has 0 saturated heterocycles. The van der Waals surface area contributed by atoms with E-state index < -0.39 is 9.84 Å². The lowest BCUT2D eigenvalue weighted by Crippen LogP contribution is -2.35. The molecule has 2 heterocycles. The van der Waals surface area contributed by atoms with Gasteiger partial charge in [0, 0.05) is 31.5 Å². The van der Waals surface area contributed by atoms with Crippen LogP contribution in [0.3, 0.4) is 0 Å². The van der Waals surface area contributed by atoms with Crippen molar-refractivity contribution in [2.24, 2.45) is 0 Å². The summed E-state index contributed by atoms with van der Waals surface area (Å²) in [5, 5.41) is 0.690. The van der Waals surface area contributed by atoms with Gasteiger partial charge >= 0.3 is 0 Å². The van der Waals surface area contributed by atoms with Crippen LogP contribution in [0.5, 0.6) is 0 Å². The molecular formula is C15H15Cl2N3O3S. The Morgan fingerprint density at radius 1 is 1.33 bits per heavy atom. The van der Waals surface area contributed by atoms with Crippen molar-refractivity contribution >= 4 is 33.0 Å². The third-order valence-electron chi connectivity index (χ3n) is 3.91. The van der Waals surface area contributed by atoms with Crippen molar-refractivity contribution < 1.29 is 8.42 Å². The zero-order valence-electron chi connectivity index (χ0n) is 12.8. The highest BCUT2D eigenvalue weighted by Gasteiger charge is 2.24. The number of nitrogens with one attached hydrogen (secondary N) is 1. The molecule has 24 heavy (non-hydrogen) atoms. The van der Waals surface area contributed by atoms with Gasteiger partial charge in [0.2, 0.25) is 15.0 Å². The summed E-state index contributed by atoms with van der Waals surface area (Å²) in [4.78, 5) is 20.6. The molecular weight excluding hydrogens is 373 g/mol. The van der Waals surface area contributed by atoms with E-state index in [-0.39, 0.29) is 10.7 Å². The first-order chi connectivity index (χ1) is 11.3. The topological polar surface area (TPSA) is 83.1 Å². The average Bonchev–Trinajstić information content (AvgIpc) is 2.50. The minimum atomic E-state index is -3.57. The molecule has 0 unspecified atom stereocenters. The summed E-state index contributed by atoms with van der Waals surface area (Å²) >= 11 is 12.2. The van der Waals surface area contributed by atoms with Gasteiger partial charge in [-0.1, -0.05) is 35.3 Å². The molecule has 1 aliphatic heterocycles. The van der Waals surface area contributed by atoms with Gasteiger partial charge in [-0.3, -0.25) is 14.7 Å². The number of benzene rings is 1. The fourth-order valence-corrected chi connectivity index (χ4v) is 3.63. The van der Waals surface area contributed by atoms with E-state index in [1.54, 1.807) is 6.07 Å². The smallest absolute Gasteiger partial charge is 0.255 e. The van der Waals surface area contributed by atoms with Crippen LogP contribution in [0.25, 0.3) is 0 Å². The molecule has 0 fully saturated rings. The van der Waals surface area contributed by atoms with Crippen molar-refractivity contribution in [3.05, 3.63) is 55.4 Å². The Hall–Kier alpha value is -1.41. The van der Waals surface area contributed by atoms with Crippen molar-refractivity contribution in [3.63, 3.8) is 0 Å². The second-order valence-corrected chi connectivity index (χ2v) is 8.46. The maximum Gasteiger partial charge on any atom is 0.255 e. The largest absolute Gasteiger partial charge is 0.297 e. The molecule has 0 bridgehead atoms. The Balaban J connectivity index is 1.90. The lowest BCUT2D eigenvalue weighted by atomic mass is 10.1. The van der Waals surface area contributed by atoms with Crippen LogP contribution in [0.15, 0.2) is 28.2 Å². The van der Waals surface area contributed by atoms with Gasteiger partial charge in [0.05, 0.1) is 15.7 Å². The number of rotatable bonds is 3. The number of aromatic amines is 1. The minimum absolute atomic E-state index is 0.297. The Kier molecular flexibility index (Phi) is 4.70. The van der Waals surface area contributed by atoms with E-state index in [9.17, 15) is 13.2 Å². The van der Waals surface area contributed by atoms with Gasteiger partial charge in [-0.25, -0.2) is 13.4 Å². The maximum absolute atomic E-state index is 12.1. The Morgan fingerprint density at radius 2 is 2.08 bits per heavy atom. The van der Waals surface area contributed by atoms with Crippen LogP contribution >= 0.6 is 23.2 Å². The average molecular weight is 388 g/mol. The Labute approximate surface area is 149 Å². The monoisotopic (exact) mass is 387 g/mol. The van der Waals surface area contributed by atoms with Gasteiger partial charge in [-0.05, 0) is 18.1 Å². The molecule has 0 aliphatic carbocycles. The van der Waals surface area contributed by atoms with Gasteiger partial charge in [0.15, 0.2) is 0 Å². The molecule has 9 heteroatoms. The van der Waals surface area contributed by atoms with Crippen LogP contribution in [0.4, 0.5) is 0 Å². The predicted molar refractivity (Wildman–Crippen MR) is 92.2 cm³/mol. The second-order valence-electron chi connectivity index (χ2n) is 5.74. The SMILES string of the molecule is CS(=O)(=O)c1nc2c(c(=O)[nH]1)CCN(Cc1cccc(Cl)c1Cl)C2. The van der Waals surface area contributed by atoms with Gasteiger partial charge < -0.3 is 0 Å². The number of halogens is 2. The van der Waals surface area contributed by atoms with Crippen LogP contribution in [0, 0.1) is 0 Å². The van der Waals surface area contributed by atoms with E-state index >= 15 is 0 Å². The third-order valence-corrected chi connectivity index (χ3v) is 5.66. The summed E-state index contributed by atoms with van der Waals surface area (Å²) in [6.45, 7) is 1.57. The van der Waals surface area contributed by atoms with E-state index in [1.807, 2.05) is 12.1 Å². The normalized spacial score (nSPS) is 15.3. The summed E-state index contributed by atoms with van der Waals surface area (Å²) in [5.41, 5.74) is 1.51. The molecule has 1 aliphatic rings. The van der Waals surface area contributed by atoms with Crippen LogP contribution in [-0.2, 0) is 29.3 Å². The number of hydrogen-bond acceptors (Lipinski definition) is 5. The molecule has 0 radical (unpaired) electrons. The Bertz CT molecular complexity index is 957. The molecule has 1 aromatic heterocycles. The number of H-pyrrole nitrogens is 1. The van der Waals surface area contributed by atoms with Gasteiger partial charge in [-0.2, -0.15) is 0 Å². The number of nitrogens with zero attached hydrogens (tertiary/aromatic N) is 2. The highest BCUT2D eigenvalue weighted by Crippen LogP contribution is 2.27. The highest BCUT2D eigenvalue weighted by atomic mass is 35.5. The fourth-order valence-electron chi connectivity index (χ4n) is 2.69. The third kappa shape index (κ3) is 3.49. The molecule has 2 aromatic rings. The van der Waals surface area contributed by atoms with Crippen LogP contribution < -0.4 is 5.56 Å². The van der Waals surface area contributed by atoms with Crippen molar-refractivity contribution in [1.82, 2.24) is 14.9 Å². The van der Waals surface area contributed by atoms with Crippen LogP contribution in [-0.4, -0.2) is 36.1 Å². The zero-order chi connectivity index (χ0) is 17.5. The summed E-state index contributed by atoms with van der Waals surface area (Å²) in [6.07, 6.45) is 1.52. The highest BCUT2D eigenvalue weighted by molar-refractivity contribution is 7.90. The first kappa shape index (κ1) is 17.4. The van der Waals surface area contributed by atoms with Gasteiger partial charge in [0.25, 0.3) is 5.56 Å². The zero-order valence-corrected chi connectivity index (χ0v) is 15.2. The van der Waals surface area contributed by atoms with Gasteiger partial charge in [0.1, 0.15) is 0 Å². The molecule has 0 spiro atoms. The van der Waals surface area contributed by atoms with Gasteiger partial charge in [-0.15, -0.1) is 0 Å². The van der Waals surface area contributed by atoms with E-state index in [0.29, 0.717) is 47.4 Å². The number of aromatic nitrogens is 2. The lowest BCUT2D eigenvalue weighted by molar-refractivity contribution is 0.239. The molecule has 0 amide bonds. The lowest BCUT2D eigenvalue weighted by Gasteiger charge is -2.28. The van der Waals surface area contributed by atoms with Crippen molar-refractivity contribution in [3.8, 4) is 0 Å². The van der Waals surface area contributed by atoms with Crippen LogP contribution in [0.1, 0.15) is 16.8 Å². The van der Waals surface area contributed by atoms with Crippen molar-refractivity contribution in [1.29, 1.82) is 0 Å². The Morgan fingerprint density at radius 3 is 2.79 bits per heavy atom. The predicted octanol–water partition coefficient (Wildman–Crippen LogP) is 2.04. The van der Waals surface area contributed by atoms with E-state index in [1.165, 1.54) is 0 Å². The van der Waals surface area contributed by atoms with Crippen molar-refractivity contribution in [2.45, 2.75) is 24.7 Å². The fraction of sp³-hybridized carbons (Fsp3) is 0.333. The van der Waals surface area contributed by atoms with E-state index in [4.69, 9.17) is 23.2 Å². The molecule has 1 aromatic carbocycles. The molecule has 6 nitrogen and oxygen atoms in total. The number of sulfone groups is 1. The molecule has 1 N–H and O–H groups in total. The molecule has 0 atom stereocenters. The standard InChI is InChI=1S/C15H15Cl2N3O3S/c1-24(22,23)15-18-12-8-20(6-5-10(12)14(21)19-15)7-9-3-2-4-11(16)13(9)17/h2-4H,5-8H2,1H3,(H,18,19,21). The first-order valence-electron chi connectivity index (χ1n) is 7.23. The molecule has 3 rings (SSSR count). The van der Waals surface area contributed by atoms with E-state index in [2.05, 4.69) is 14.9 Å². The quantitative estimate of drug-likeness (QED) is 0.814. The number of fused-ring (bicyclic) bond motifs is 1. The van der Waals surface area contributed by atoms with Crippen LogP contribution in [0.2, 0.25) is 10.0 Å². The second kappa shape index (κ2) is 6.48. The molecule has 0 saturated carbocycles. The summed E-state index contributed by atoms with van der Waals surface area (Å²) in [5.74, 6) is 0. The maximum atomic E-state index is 12.1. The van der Waals surface area contributed by atoms with E-state index in [0.717, 1.165) is 11.8 Å². The van der Waals surface area contributed by atoms with Crippen molar-refractivity contribution in [2.75, 3.05) is 12.8 Å². The molecule has 128 valence electrons. The summed E-state index contributed by atoms with van der Waals surface area (Å²) in [7, 11) is -3.57. The summed E-state index contributed by atoms with van der Waals surface area (Å²) in [6, 6.07) is 5.43. The summed E-state index contributed by atoms with van der Waals surface area (Å²) < 4.78 is 23.3. The number of hydrogen-bond donors (Lipinski definition) is 1. The first-order valence-corrected chi connectivity index (χ1v) is 9.88.